The minimum Gasteiger partial charge on any atom is -0.314 e. The van der Waals surface area contributed by atoms with Crippen molar-refractivity contribution < 1.29 is 0 Å². The lowest BCUT2D eigenvalue weighted by atomic mass is 9.76. The monoisotopic (exact) mass is 279 g/mol. The van der Waals surface area contributed by atoms with Gasteiger partial charge >= 0.3 is 0 Å². The number of hydrogen-bond acceptors (Lipinski definition) is 1. The van der Waals surface area contributed by atoms with Crippen LogP contribution in [0.5, 0.6) is 0 Å². The van der Waals surface area contributed by atoms with Crippen LogP contribution in [0.15, 0.2) is 24.3 Å². The fourth-order valence-corrected chi connectivity index (χ4v) is 3.72. The molecule has 0 saturated heterocycles. The smallest absolute Gasteiger partial charge is 0.0406 e. The van der Waals surface area contributed by atoms with E-state index in [1.807, 2.05) is 12.1 Å². The molecule has 2 unspecified atom stereocenters. The molecule has 19 heavy (non-hydrogen) atoms. The second kappa shape index (κ2) is 6.28. The number of likely N-dealkylation sites (N-methyl/N-ethyl adjacent to an activating group) is 1. The average Bonchev–Trinajstić information content (AvgIpc) is 2.71. The predicted molar refractivity (Wildman–Crippen MR) is 83.7 cm³/mol. The molecule has 1 saturated carbocycles. The Labute approximate surface area is 122 Å². The molecule has 1 aliphatic rings. The van der Waals surface area contributed by atoms with Crippen molar-refractivity contribution in [2.45, 2.75) is 52.5 Å². The van der Waals surface area contributed by atoms with Crippen LogP contribution >= 0.6 is 11.6 Å². The Hall–Kier alpha value is -0.530. The molecule has 2 rings (SSSR count). The Morgan fingerprint density at radius 3 is 2.53 bits per heavy atom. The van der Waals surface area contributed by atoms with Gasteiger partial charge < -0.3 is 5.32 Å². The zero-order valence-corrected chi connectivity index (χ0v) is 13.1. The third-order valence-electron chi connectivity index (χ3n) is 4.66. The van der Waals surface area contributed by atoms with Gasteiger partial charge in [-0.3, -0.25) is 0 Å². The van der Waals surface area contributed by atoms with Gasteiger partial charge in [-0.05, 0) is 54.8 Å². The van der Waals surface area contributed by atoms with E-state index in [4.69, 9.17) is 11.6 Å². The van der Waals surface area contributed by atoms with Gasteiger partial charge in [0.05, 0.1) is 0 Å². The molecule has 106 valence electrons. The standard InChI is InChI=1S/C17H26ClN/c1-4-19-16(15-6-5-11-17(15,2)3)12-13-7-9-14(18)10-8-13/h7-10,15-16,19H,4-6,11-12H2,1-3H3. The van der Waals surface area contributed by atoms with Gasteiger partial charge in [0.15, 0.2) is 0 Å². The number of rotatable bonds is 5. The highest BCUT2D eigenvalue weighted by molar-refractivity contribution is 6.30. The fraction of sp³-hybridized carbons (Fsp3) is 0.647. The molecule has 2 atom stereocenters. The first-order valence-corrected chi connectivity index (χ1v) is 7.88. The largest absolute Gasteiger partial charge is 0.314 e. The molecule has 0 radical (unpaired) electrons. The van der Waals surface area contributed by atoms with Crippen LogP contribution in [0.4, 0.5) is 0 Å². The van der Waals surface area contributed by atoms with Gasteiger partial charge in [-0.2, -0.15) is 0 Å². The van der Waals surface area contributed by atoms with Crippen molar-refractivity contribution in [3.63, 3.8) is 0 Å². The molecular formula is C17H26ClN. The van der Waals surface area contributed by atoms with Crippen molar-refractivity contribution >= 4 is 11.6 Å². The summed E-state index contributed by atoms with van der Waals surface area (Å²) in [6.45, 7) is 8.11. The van der Waals surface area contributed by atoms with Crippen molar-refractivity contribution in [2.24, 2.45) is 11.3 Å². The number of benzene rings is 1. The van der Waals surface area contributed by atoms with Gasteiger partial charge in [-0.1, -0.05) is 50.9 Å². The van der Waals surface area contributed by atoms with E-state index in [-0.39, 0.29) is 0 Å². The van der Waals surface area contributed by atoms with Crippen LogP contribution in [-0.4, -0.2) is 12.6 Å². The number of hydrogen-bond donors (Lipinski definition) is 1. The maximum absolute atomic E-state index is 5.97. The molecule has 1 N–H and O–H groups in total. The summed E-state index contributed by atoms with van der Waals surface area (Å²) in [5.74, 6) is 0.781. The normalized spacial score (nSPS) is 23.5. The minimum atomic E-state index is 0.471. The summed E-state index contributed by atoms with van der Waals surface area (Å²) in [7, 11) is 0. The lowest BCUT2D eigenvalue weighted by Crippen LogP contribution is -2.42. The Kier molecular flexibility index (Phi) is 4.92. The molecule has 1 aliphatic carbocycles. The Bertz CT molecular complexity index is 396. The second-order valence-electron chi connectivity index (χ2n) is 6.48. The fourth-order valence-electron chi connectivity index (χ4n) is 3.59. The van der Waals surface area contributed by atoms with Gasteiger partial charge in [0.1, 0.15) is 0 Å². The minimum absolute atomic E-state index is 0.471. The van der Waals surface area contributed by atoms with Gasteiger partial charge in [0, 0.05) is 11.1 Å². The number of halogens is 1. The zero-order valence-electron chi connectivity index (χ0n) is 12.4. The van der Waals surface area contributed by atoms with E-state index in [2.05, 4.69) is 38.2 Å². The lowest BCUT2D eigenvalue weighted by molar-refractivity contribution is 0.197. The molecule has 1 nitrogen and oxygen atoms in total. The highest BCUT2D eigenvalue weighted by atomic mass is 35.5. The van der Waals surface area contributed by atoms with Crippen molar-refractivity contribution in [2.75, 3.05) is 6.54 Å². The summed E-state index contributed by atoms with van der Waals surface area (Å²) in [5, 5.41) is 4.53. The van der Waals surface area contributed by atoms with Gasteiger partial charge in [0.25, 0.3) is 0 Å². The predicted octanol–water partition coefficient (Wildman–Crippen LogP) is 4.69. The van der Waals surface area contributed by atoms with Gasteiger partial charge in [-0.25, -0.2) is 0 Å². The third-order valence-corrected chi connectivity index (χ3v) is 4.91. The van der Waals surface area contributed by atoms with E-state index in [0.717, 1.165) is 23.9 Å². The first kappa shape index (κ1) is 14.9. The number of nitrogens with one attached hydrogen (secondary N) is 1. The molecule has 0 amide bonds. The van der Waals surface area contributed by atoms with E-state index in [1.165, 1.54) is 24.8 Å². The first-order valence-electron chi connectivity index (χ1n) is 7.51. The van der Waals surface area contributed by atoms with Crippen molar-refractivity contribution in [1.29, 1.82) is 0 Å². The Balaban J connectivity index is 2.09. The summed E-state index contributed by atoms with van der Waals surface area (Å²) in [6, 6.07) is 8.91. The average molecular weight is 280 g/mol. The summed E-state index contributed by atoms with van der Waals surface area (Å²) in [6.07, 6.45) is 5.21. The van der Waals surface area contributed by atoms with E-state index in [9.17, 15) is 0 Å². The zero-order chi connectivity index (χ0) is 13.9. The summed E-state index contributed by atoms with van der Waals surface area (Å²) >= 11 is 5.97. The van der Waals surface area contributed by atoms with Crippen LogP contribution < -0.4 is 5.32 Å². The SMILES string of the molecule is CCNC(Cc1ccc(Cl)cc1)C1CCCC1(C)C. The van der Waals surface area contributed by atoms with Crippen LogP contribution in [-0.2, 0) is 6.42 Å². The Morgan fingerprint density at radius 1 is 1.32 bits per heavy atom. The molecule has 0 aliphatic heterocycles. The summed E-state index contributed by atoms with van der Waals surface area (Å²) < 4.78 is 0. The van der Waals surface area contributed by atoms with Crippen LogP contribution in [0.25, 0.3) is 0 Å². The summed E-state index contributed by atoms with van der Waals surface area (Å²) in [5.41, 5.74) is 1.86. The van der Waals surface area contributed by atoms with Crippen LogP contribution in [0.2, 0.25) is 5.02 Å². The van der Waals surface area contributed by atoms with E-state index in [0.29, 0.717) is 11.5 Å². The molecule has 0 spiro atoms. The molecule has 0 heterocycles. The second-order valence-corrected chi connectivity index (χ2v) is 6.92. The highest BCUT2D eigenvalue weighted by Gasteiger charge is 2.39. The van der Waals surface area contributed by atoms with Gasteiger partial charge in [-0.15, -0.1) is 0 Å². The van der Waals surface area contributed by atoms with Crippen LogP contribution in [0, 0.1) is 11.3 Å². The molecule has 2 heteroatoms. The van der Waals surface area contributed by atoms with Gasteiger partial charge in [0.2, 0.25) is 0 Å². The van der Waals surface area contributed by atoms with Crippen LogP contribution in [0.3, 0.4) is 0 Å². The molecule has 1 aromatic carbocycles. The van der Waals surface area contributed by atoms with Crippen molar-refractivity contribution in [3.05, 3.63) is 34.9 Å². The quantitative estimate of drug-likeness (QED) is 0.825. The topological polar surface area (TPSA) is 12.0 Å². The Morgan fingerprint density at radius 2 is 2.00 bits per heavy atom. The maximum atomic E-state index is 5.97. The molecule has 1 aromatic rings. The molecule has 0 bridgehead atoms. The van der Waals surface area contributed by atoms with E-state index >= 15 is 0 Å². The lowest BCUT2D eigenvalue weighted by Gasteiger charge is -2.35. The summed E-state index contributed by atoms with van der Waals surface area (Å²) in [4.78, 5) is 0. The highest BCUT2D eigenvalue weighted by Crippen LogP contribution is 2.44. The third kappa shape index (κ3) is 3.73. The van der Waals surface area contributed by atoms with E-state index < -0.39 is 0 Å². The van der Waals surface area contributed by atoms with Crippen molar-refractivity contribution in [1.82, 2.24) is 5.32 Å². The van der Waals surface area contributed by atoms with E-state index in [1.54, 1.807) is 0 Å². The van der Waals surface area contributed by atoms with Crippen LogP contribution in [0.1, 0.15) is 45.6 Å². The van der Waals surface area contributed by atoms with Crippen molar-refractivity contribution in [3.8, 4) is 0 Å². The molecular weight excluding hydrogens is 254 g/mol. The molecule has 0 aromatic heterocycles. The maximum Gasteiger partial charge on any atom is 0.0406 e. The molecule has 1 fully saturated rings. The first-order chi connectivity index (χ1) is 9.03.